The Balaban J connectivity index is 1.32. The van der Waals surface area contributed by atoms with Crippen molar-refractivity contribution in [2.45, 2.75) is 89.9 Å². The van der Waals surface area contributed by atoms with E-state index in [0.29, 0.717) is 0 Å². The molecule has 0 radical (unpaired) electrons. The van der Waals surface area contributed by atoms with E-state index in [1.165, 1.54) is 93.7 Å². The van der Waals surface area contributed by atoms with Crippen LogP contribution in [0.1, 0.15) is 94.6 Å². The third kappa shape index (κ3) is 5.07. The molecule has 28 heavy (non-hydrogen) atoms. The van der Waals surface area contributed by atoms with Gasteiger partial charge in [0.25, 0.3) is 0 Å². The quantitative estimate of drug-likeness (QED) is 0.475. The second kappa shape index (κ2) is 9.77. The van der Waals surface area contributed by atoms with Crippen molar-refractivity contribution in [2.75, 3.05) is 0 Å². The molecule has 2 fully saturated rings. The Morgan fingerprint density at radius 1 is 0.679 bits per heavy atom. The van der Waals surface area contributed by atoms with E-state index in [9.17, 15) is 0 Å². The molecule has 1 unspecified atom stereocenters. The van der Waals surface area contributed by atoms with Crippen LogP contribution >= 0.6 is 0 Å². The van der Waals surface area contributed by atoms with Crippen molar-refractivity contribution in [3.05, 3.63) is 59.7 Å². The molecule has 0 aromatic heterocycles. The lowest BCUT2D eigenvalue weighted by atomic mass is 9.78. The van der Waals surface area contributed by atoms with Crippen LogP contribution in [0.15, 0.2) is 48.5 Å². The van der Waals surface area contributed by atoms with Gasteiger partial charge in [-0.05, 0) is 65.7 Å². The summed E-state index contributed by atoms with van der Waals surface area (Å²) in [6.07, 6.45) is 16.9. The molecule has 0 heterocycles. The molecule has 0 heteroatoms. The van der Waals surface area contributed by atoms with Crippen LogP contribution < -0.4 is 0 Å². The number of aryl methyl sites for hydroxylation is 1. The fourth-order valence-electron chi connectivity index (χ4n) is 5.58. The van der Waals surface area contributed by atoms with Crippen LogP contribution in [0.2, 0.25) is 0 Å². The highest BCUT2D eigenvalue weighted by Gasteiger charge is 2.19. The third-order valence-corrected chi connectivity index (χ3v) is 7.62. The van der Waals surface area contributed by atoms with Gasteiger partial charge in [0, 0.05) is 0 Å². The smallest absolute Gasteiger partial charge is 0.0162 e. The SMILES string of the molecule is CC(CCc1ccc(-c2ccc(C3CCCCC3)cc2)cc1)C1CCCCC1. The molecule has 0 saturated heterocycles. The number of rotatable bonds is 6. The van der Waals surface area contributed by atoms with E-state index in [0.717, 1.165) is 17.8 Å². The van der Waals surface area contributed by atoms with E-state index in [1.54, 1.807) is 5.56 Å². The van der Waals surface area contributed by atoms with Crippen molar-refractivity contribution in [1.29, 1.82) is 0 Å². The highest BCUT2D eigenvalue weighted by Crippen LogP contribution is 2.34. The molecule has 0 spiro atoms. The number of hydrogen-bond acceptors (Lipinski definition) is 0. The standard InChI is InChI=1S/C28H38/c1-22(24-8-4-2-5-9-24)12-13-23-14-16-26(17-15-23)28-20-18-27(19-21-28)25-10-6-3-7-11-25/h14-22,24-25H,2-13H2,1H3. The third-order valence-electron chi connectivity index (χ3n) is 7.62. The lowest BCUT2D eigenvalue weighted by molar-refractivity contribution is 0.252. The second-order valence-corrected chi connectivity index (χ2v) is 9.57. The zero-order chi connectivity index (χ0) is 19.2. The van der Waals surface area contributed by atoms with Gasteiger partial charge in [0.2, 0.25) is 0 Å². The van der Waals surface area contributed by atoms with E-state index >= 15 is 0 Å². The van der Waals surface area contributed by atoms with Gasteiger partial charge in [0.1, 0.15) is 0 Å². The molecule has 2 aliphatic carbocycles. The summed E-state index contributed by atoms with van der Waals surface area (Å²) in [5.41, 5.74) is 5.78. The highest BCUT2D eigenvalue weighted by molar-refractivity contribution is 5.64. The largest absolute Gasteiger partial charge is 0.0622 e. The Morgan fingerprint density at radius 3 is 1.82 bits per heavy atom. The maximum absolute atomic E-state index is 2.48. The van der Waals surface area contributed by atoms with Gasteiger partial charge in [0.05, 0.1) is 0 Å². The molecule has 0 aliphatic heterocycles. The molecule has 4 rings (SSSR count). The zero-order valence-electron chi connectivity index (χ0n) is 17.8. The topological polar surface area (TPSA) is 0 Å². The summed E-state index contributed by atoms with van der Waals surface area (Å²) in [5.74, 6) is 2.67. The zero-order valence-corrected chi connectivity index (χ0v) is 17.8. The summed E-state index contributed by atoms with van der Waals surface area (Å²) in [4.78, 5) is 0. The first kappa shape index (κ1) is 19.7. The minimum absolute atomic E-state index is 0.802. The van der Waals surface area contributed by atoms with E-state index in [4.69, 9.17) is 0 Å². The first-order valence-electron chi connectivity index (χ1n) is 12.0. The summed E-state index contributed by atoms with van der Waals surface area (Å²) in [5, 5.41) is 0. The number of benzene rings is 2. The van der Waals surface area contributed by atoms with Gasteiger partial charge in [-0.2, -0.15) is 0 Å². The molecule has 150 valence electrons. The van der Waals surface area contributed by atoms with Crippen molar-refractivity contribution in [2.24, 2.45) is 11.8 Å². The summed E-state index contributed by atoms with van der Waals surface area (Å²) < 4.78 is 0. The maximum atomic E-state index is 2.48. The molecule has 0 bridgehead atoms. The fourth-order valence-corrected chi connectivity index (χ4v) is 5.58. The monoisotopic (exact) mass is 374 g/mol. The summed E-state index contributed by atoms with van der Waals surface area (Å²) >= 11 is 0. The van der Waals surface area contributed by atoms with Gasteiger partial charge in [-0.25, -0.2) is 0 Å². The van der Waals surface area contributed by atoms with Crippen molar-refractivity contribution < 1.29 is 0 Å². The van der Waals surface area contributed by atoms with Gasteiger partial charge in [-0.3, -0.25) is 0 Å². The van der Waals surface area contributed by atoms with Gasteiger partial charge in [-0.15, -0.1) is 0 Å². The van der Waals surface area contributed by atoms with Crippen LogP contribution in [-0.2, 0) is 6.42 Å². The van der Waals surface area contributed by atoms with E-state index in [2.05, 4.69) is 55.5 Å². The van der Waals surface area contributed by atoms with E-state index < -0.39 is 0 Å². The average Bonchev–Trinajstić information content (AvgIpc) is 2.79. The van der Waals surface area contributed by atoms with Crippen molar-refractivity contribution in [3.63, 3.8) is 0 Å². The minimum atomic E-state index is 0.802. The summed E-state index contributed by atoms with van der Waals surface area (Å²) in [6, 6.07) is 18.8. The van der Waals surface area contributed by atoms with Crippen LogP contribution in [0.5, 0.6) is 0 Å². The Bertz CT molecular complexity index is 697. The normalized spacial score (nSPS) is 20.2. The van der Waals surface area contributed by atoms with Gasteiger partial charge >= 0.3 is 0 Å². The highest BCUT2D eigenvalue weighted by atomic mass is 14.3. The van der Waals surface area contributed by atoms with Gasteiger partial charge in [-0.1, -0.05) is 107 Å². The van der Waals surface area contributed by atoms with E-state index in [1.807, 2.05) is 0 Å². The van der Waals surface area contributed by atoms with Crippen LogP contribution in [0.4, 0.5) is 0 Å². The molecule has 0 amide bonds. The summed E-state index contributed by atoms with van der Waals surface area (Å²) in [6.45, 7) is 2.48. The van der Waals surface area contributed by atoms with Crippen LogP contribution in [-0.4, -0.2) is 0 Å². The van der Waals surface area contributed by atoms with Crippen LogP contribution in [0.3, 0.4) is 0 Å². The maximum Gasteiger partial charge on any atom is -0.0162 e. The van der Waals surface area contributed by atoms with Crippen molar-refractivity contribution in [1.82, 2.24) is 0 Å². The molecule has 0 nitrogen and oxygen atoms in total. The molecule has 1 atom stereocenters. The van der Waals surface area contributed by atoms with Crippen molar-refractivity contribution in [3.8, 4) is 11.1 Å². The molecule has 2 saturated carbocycles. The molecule has 2 aromatic carbocycles. The average molecular weight is 375 g/mol. The van der Waals surface area contributed by atoms with Crippen LogP contribution in [0.25, 0.3) is 11.1 Å². The Labute approximate surface area is 172 Å². The molecule has 2 aromatic rings. The molecule has 0 N–H and O–H groups in total. The Hall–Kier alpha value is -1.56. The minimum Gasteiger partial charge on any atom is -0.0622 e. The first-order valence-corrected chi connectivity index (χ1v) is 12.0. The molecular formula is C28H38. The predicted octanol–water partition coefficient (Wildman–Crippen LogP) is 8.55. The van der Waals surface area contributed by atoms with Gasteiger partial charge < -0.3 is 0 Å². The Morgan fingerprint density at radius 2 is 1.21 bits per heavy atom. The molecular weight excluding hydrogens is 336 g/mol. The summed E-state index contributed by atoms with van der Waals surface area (Å²) in [7, 11) is 0. The second-order valence-electron chi connectivity index (χ2n) is 9.57. The lowest BCUT2D eigenvalue weighted by Gasteiger charge is -2.27. The van der Waals surface area contributed by atoms with Gasteiger partial charge in [0.15, 0.2) is 0 Å². The molecule has 2 aliphatic rings. The lowest BCUT2D eigenvalue weighted by Crippen LogP contribution is -2.15. The van der Waals surface area contributed by atoms with Crippen LogP contribution in [0, 0.1) is 11.8 Å². The Kier molecular flexibility index (Phi) is 6.89. The van der Waals surface area contributed by atoms with Crippen molar-refractivity contribution >= 4 is 0 Å². The number of hydrogen-bond donors (Lipinski definition) is 0. The fraction of sp³-hybridized carbons (Fsp3) is 0.571. The van der Waals surface area contributed by atoms with E-state index in [-0.39, 0.29) is 0 Å². The first-order chi connectivity index (χ1) is 13.8. The predicted molar refractivity (Wildman–Crippen MR) is 122 cm³/mol.